The summed E-state index contributed by atoms with van der Waals surface area (Å²) in [5.74, 6) is 0.787. The number of rotatable bonds is 3. The molecule has 2 fully saturated rings. The van der Waals surface area contributed by atoms with E-state index < -0.39 is 0 Å². The SMILES string of the molecule is N=C(I)c1c(N)ncnc1[NH2+]C1CCC2(CC1)OCCO2. The van der Waals surface area contributed by atoms with Gasteiger partial charge in [-0.2, -0.15) is 4.98 Å². The number of halogens is 1. The van der Waals surface area contributed by atoms with Crippen LogP contribution in [0.25, 0.3) is 0 Å². The van der Waals surface area contributed by atoms with Crippen molar-refractivity contribution in [3.8, 4) is 0 Å². The molecule has 114 valence electrons. The number of quaternary nitrogens is 1. The van der Waals surface area contributed by atoms with E-state index >= 15 is 0 Å². The maximum absolute atomic E-state index is 7.83. The number of hydrogen-bond donors (Lipinski definition) is 3. The van der Waals surface area contributed by atoms with E-state index in [9.17, 15) is 0 Å². The van der Waals surface area contributed by atoms with Gasteiger partial charge in [-0.15, -0.1) is 0 Å². The Bertz CT molecular complexity index is 537. The standard InChI is InChI=1S/C13H18IN5O2/c14-10(15)9-11(16)17-7-18-12(9)19-8-1-3-13(4-2-8)20-5-6-21-13/h7-8,15H,1-6H2,(H3,16,17,18,19)/p+1. The zero-order valence-corrected chi connectivity index (χ0v) is 13.8. The third-order valence-corrected chi connectivity index (χ3v) is 4.66. The molecule has 1 aliphatic carbocycles. The first kappa shape index (κ1) is 15.1. The van der Waals surface area contributed by atoms with E-state index in [-0.39, 0.29) is 5.79 Å². The molecule has 0 amide bonds. The smallest absolute Gasteiger partial charge is 0.239 e. The van der Waals surface area contributed by atoms with Crippen LogP contribution in [0.3, 0.4) is 0 Å². The normalized spacial score (nSPS) is 21.8. The summed E-state index contributed by atoms with van der Waals surface area (Å²) in [6.45, 7) is 1.40. The van der Waals surface area contributed by atoms with Gasteiger partial charge in [-0.1, -0.05) is 0 Å². The van der Waals surface area contributed by atoms with Gasteiger partial charge >= 0.3 is 0 Å². The maximum atomic E-state index is 7.83. The van der Waals surface area contributed by atoms with Gasteiger partial charge in [0.25, 0.3) is 0 Å². The van der Waals surface area contributed by atoms with Crippen molar-refractivity contribution in [1.82, 2.24) is 9.97 Å². The molecule has 1 aromatic rings. The van der Waals surface area contributed by atoms with Crippen LogP contribution in [0.2, 0.25) is 0 Å². The molecule has 1 aromatic heterocycles. The van der Waals surface area contributed by atoms with Gasteiger partial charge in [0.2, 0.25) is 5.82 Å². The van der Waals surface area contributed by atoms with E-state index in [0.29, 0.717) is 34.4 Å². The van der Waals surface area contributed by atoms with E-state index in [1.807, 2.05) is 22.6 Å². The molecule has 7 nitrogen and oxygen atoms in total. The van der Waals surface area contributed by atoms with Gasteiger partial charge in [0.15, 0.2) is 5.79 Å². The van der Waals surface area contributed by atoms with Gasteiger partial charge in [0.05, 0.1) is 19.3 Å². The predicted molar refractivity (Wildman–Crippen MR) is 85.8 cm³/mol. The Morgan fingerprint density at radius 2 is 2.00 bits per heavy atom. The number of nitrogens with one attached hydrogen (secondary N) is 1. The molecule has 0 radical (unpaired) electrons. The first-order chi connectivity index (χ1) is 10.1. The fourth-order valence-corrected chi connectivity index (χ4v) is 3.57. The molecule has 1 aliphatic heterocycles. The van der Waals surface area contributed by atoms with Crippen LogP contribution in [0.5, 0.6) is 0 Å². The molecule has 8 heteroatoms. The summed E-state index contributed by atoms with van der Waals surface area (Å²) in [4.78, 5) is 8.26. The highest BCUT2D eigenvalue weighted by atomic mass is 127. The number of anilines is 1. The molecule has 0 bridgehead atoms. The van der Waals surface area contributed by atoms with Crippen LogP contribution in [0.1, 0.15) is 31.2 Å². The largest absolute Gasteiger partial charge is 0.383 e. The number of nitrogens with zero attached hydrogens (tertiary/aromatic N) is 2. The zero-order valence-electron chi connectivity index (χ0n) is 11.6. The lowest BCUT2D eigenvalue weighted by molar-refractivity contribution is -0.619. The predicted octanol–water partition coefficient (Wildman–Crippen LogP) is 0.700. The first-order valence-electron chi connectivity index (χ1n) is 7.07. The molecule has 0 unspecified atom stereocenters. The molecule has 1 saturated carbocycles. The molecule has 3 rings (SSSR count). The Morgan fingerprint density at radius 1 is 1.33 bits per heavy atom. The van der Waals surface area contributed by atoms with Crippen molar-refractivity contribution in [2.24, 2.45) is 0 Å². The first-order valence-corrected chi connectivity index (χ1v) is 8.15. The van der Waals surface area contributed by atoms with E-state index in [0.717, 1.165) is 31.5 Å². The summed E-state index contributed by atoms with van der Waals surface area (Å²) in [7, 11) is 0. The fraction of sp³-hybridized carbons (Fsp3) is 0.615. The summed E-state index contributed by atoms with van der Waals surface area (Å²) in [5, 5.41) is 9.95. The third kappa shape index (κ3) is 3.17. The van der Waals surface area contributed by atoms with Crippen molar-refractivity contribution in [2.45, 2.75) is 37.5 Å². The van der Waals surface area contributed by atoms with Crippen molar-refractivity contribution in [2.75, 3.05) is 18.9 Å². The third-order valence-electron chi connectivity index (χ3n) is 4.12. The summed E-state index contributed by atoms with van der Waals surface area (Å²) in [5.41, 5.74) is 6.50. The molecular formula is C13H19IN5O2+. The second kappa shape index (κ2) is 6.11. The van der Waals surface area contributed by atoms with Crippen molar-refractivity contribution in [3.63, 3.8) is 0 Å². The van der Waals surface area contributed by atoms with Gasteiger partial charge in [-0.05, 0) is 22.6 Å². The minimum Gasteiger partial charge on any atom is -0.383 e. The van der Waals surface area contributed by atoms with E-state index in [1.165, 1.54) is 6.33 Å². The van der Waals surface area contributed by atoms with Gasteiger partial charge in [0.1, 0.15) is 21.4 Å². The minimum atomic E-state index is -0.339. The van der Waals surface area contributed by atoms with Gasteiger partial charge < -0.3 is 15.2 Å². The van der Waals surface area contributed by atoms with Gasteiger partial charge in [0, 0.05) is 25.7 Å². The molecule has 1 saturated heterocycles. The Hall–Kier alpha value is -0.840. The number of aromatic nitrogens is 2. The summed E-state index contributed by atoms with van der Waals surface area (Å²) in [6.07, 6.45) is 5.27. The Balaban J connectivity index is 1.68. The fourth-order valence-electron chi connectivity index (χ4n) is 3.02. The van der Waals surface area contributed by atoms with Crippen molar-refractivity contribution < 1.29 is 14.8 Å². The van der Waals surface area contributed by atoms with Gasteiger partial charge in [-0.25, -0.2) is 4.98 Å². The molecular weight excluding hydrogens is 385 g/mol. The van der Waals surface area contributed by atoms with Crippen molar-refractivity contribution in [1.29, 1.82) is 5.41 Å². The van der Waals surface area contributed by atoms with Crippen molar-refractivity contribution >= 4 is 37.9 Å². The van der Waals surface area contributed by atoms with Crippen LogP contribution in [-0.4, -0.2) is 38.7 Å². The van der Waals surface area contributed by atoms with Crippen molar-refractivity contribution in [3.05, 3.63) is 11.9 Å². The molecule has 21 heavy (non-hydrogen) atoms. The van der Waals surface area contributed by atoms with Crippen LogP contribution in [0, 0.1) is 5.41 Å². The second-order valence-corrected chi connectivity index (χ2v) is 6.52. The van der Waals surface area contributed by atoms with Gasteiger partial charge in [-0.3, -0.25) is 10.7 Å². The zero-order chi connectivity index (χ0) is 14.9. The summed E-state index contributed by atoms with van der Waals surface area (Å²) < 4.78 is 11.9. The van der Waals surface area contributed by atoms with Crippen LogP contribution in [0.15, 0.2) is 6.33 Å². The topological polar surface area (TPSA) is 111 Å². The number of hydrogen-bond acceptors (Lipinski definition) is 6. The highest BCUT2D eigenvalue weighted by Crippen LogP contribution is 2.35. The quantitative estimate of drug-likeness (QED) is 0.508. The summed E-state index contributed by atoms with van der Waals surface area (Å²) in [6, 6.07) is 0.409. The summed E-state index contributed by atoms with van der Waals surface area (Å²) >= 11 is 1.94. The lowest BCUT2D eigenvalue weighted by Crippen LogP contribution is -2.86. The molecule has 0 aromatic carbocycles. The van der Waals surface area contributed by atoms with Crippen LogP contribution < -0.4 is 11.1 Å². The number of nitrogens with two attached hydrogens (primary N) is 2. The lowest BCUT2D eigenvalue weighted by Gasteiger charge is -2.34. The number of ether oxygens (including phenoxy) is 2. The maximum Gasteiger partial charge on any atom is 0.239 e. The monoisotopic (exact) mass is 404 g/mol. The van der Waals surface area contributed by atoms with Crippen LogP contribution in [-0.2, 0) is 9.47 Å². The highest BCUT2D eigenvalue weighted by molar-refractivity contribution is 14.1. The minimum absolute atomic E-state index is 0.339. The van der Waals surface area contributed by atoms with Crippen LogP contribution in [0.4, 0.5) is 11.6 Å². The molecule has 5 N–H and O–H groups in total. The molecule has 1 spiro atoms. The van der Waals surface area contributed by atoms with E-state index in [4.69, 9.17) is 20.6 Å². The molecule has 2 heterocycles. The van der Waals surface area contributed by atoms with Crippen LogP contribution >= 0.6 is 22.6 Å². The Kier molecular flexibility index (Phi) is 4.38. The average molecular weight is 404 g/mol. The highest BCUT2D eigenvalue weighted by Gasteiger charge is 2.41. The van der Waals surface area contributed by atoms with E-state index in [2.05, 4.69) is 15.3 Å². The molecule has 2 aliphatic rings. The number of nitrogen functional groups attached to an aromatic ring is 1. The Morgan fingerprint density at radius 3 is 2.62 bits per heavy atom. The molecule has 0 atom stereocenters. The Labute approximate surface area is 136 Å². The van der Waals surface area contributed by atoms with E-state index in [1.54, 1.807) is 0 Å². The second-order valence-electron chi connectivity index (χ2n) is 5.44. The average Bonchev–Trinajstić information content (AvgIpc) is 2.90. The lowest BCUT2D eigenvalue weighted by atomic mass is 9.90.